The molecule has 0 spiro atoms. The highest BCUT2D eigenvalue weighted by Crippen LogP contribution is 2.24. The van der Waals surface area contributed by atoms with Crippen molar-refractivity contribution in [3.63, 3.8) is 0 Å². The maximum absolute atomic E-state index is 11.9. The van der Waals surface area contributed by atoms with E-state index in [-0.39, 0.29) is 6.09 Å². The SMILES string of the molecule is C[C@H](C1CCN(C(=O)OC(C)(C)C)CC1)N(C)C. The van der Waals surface area contributed by atoms with Crippen molar-refractivity contribution in [2.75, 3.05) is 27.2 Å². The van der Waals surface area contributed by atoms with Crippen LogP contribution in [0.1, 0.15) is 40.5 Å². The van der Waals surface area contributed by atoms with Crippen molar-refractivity contribution < 1.29 is 9.53 Å². The Labute approximate surface area is 111 Å². The average molecular weight is 256 g/mol. The van der Waals surface area contributed by atoms with Gasteiger partial charge in [0.05, 0.1) is 0 Å². The van der Waals surface area contributed by atoms with Crippen molar-refractivity contribution in [2.45, 2.75) is 52.2 Å². The van der Waals surface area contributed by atoms with Crippen LogP contribution in [0, 0.1) is 5.92 Å². The number of piperidine rings is 1. The minimum absolute atomic E-state index is 0.168. The highest BCUT2D eigenvalue weighted by Gasteiger charge is 2.29. The first-order valence-electron chi connectivity index (χ1n) is 6.85. The van der Waals surface area contributed by atoms with Gasteiger partial charge in [0.25, 0.3) is 0 Å². The van der Waals surface area contributed by atoms with Gasteiger partial charge in [0.1, 0.15) is 5.60 Å². The van der Waals surface area contributed by atoms with Gasteiger partial charge in [-0.15, -0.1) is 0 Å². The van der Waals surface area contributed by atoms with Gasteiger partial charge in [0.15, 0.2) is 0 Å². The van der Waals surface area contributed by atoms with Gasteiger partial charge in [-0.2, -0.15) is 0 Å². The van der Waals surface area contributed by atoms with Crippen molar-refractivity contribution in [1.29, 1.82) is 0 Å². The fourth-order valence-electron chi connectivity index (χ4n) is 2.31. The van der Waals surface area contributed by atoms with Crippen molar-refractivity contribution in [1.82, 2.24) is 9.80 Å². The van der Waals surface area contributed by atoms with E-state index in [1.807, 2.05) is 25.7 Å². The average Bonchev–Trinajstić information content (AvgIpc) is 2.26. The topological polar surface area (TPSA) is 32.8 Å². The van der Waals surface area contributed by atoms with Gasteiger partial charge in [-0.1, -0.05) is 0 Å². The number of carbonyl (C=O) groups excluding carboxylic acids is 1. The Bertz CT molecular complexity index is 276. The molecule has 0 bridgehead atoms. The molecular formula is C14H28N2O2. The van der Waals surface area contributed by atoms with E-state index >= 15 is 0 Å². The third-order valence-electron chi connectivity index (χ3n) is 3.69. The van der Waals surface area contributed by atoms with E-state index in [1.165, 1.54) is 0 Å². The summed E-state index contributed by atoms with van der Waals surface area (Å²) < 4.78 is 5.40. The summed E-state index contributed by atoms with van der Waals surface area (Å²) in [7, 11) is 4.23. The van der Waals surface area contributed by atoms with Gasteiger partial charge in [-0.05, 0) is 60.5 Å². The molecule has 0 unspecified atom stereocenters. The molecule has 1 aliphatic rings. The second-order valence-corrected chi connectivity index (χ2v) is 6.51. The monoisotopic (exact) mass is 256 g/mol. The summed E-state index contributed by atoms with van der Waals surface area (Å²) in [6.07, 6.45) is 1.97. The number of hydrogen-bond acceptors (Lipinski definition) is 3. The molecule has 1 heterocycles. The molecule has 0 aromatic carbocycles. The molecule has 1 aliphatic heterocycles. The van der Waals surface area contributed by atoms with E-state index < -0.39 is 5.60 Å². The Morgan fingerprint density at radius 3 is 2.17 bits per heavy atom. The smallest absolute Gasteiger partial charge is 0.410 e. The molecule has 1 atom stereocenters. The lowest BCUT2D eigenvalue weighted by Crippen LogP contribution is -2.45. The van der Waals surface area contributed by atoms with Gasteiger partial charge in [-0.3, -0.25) is 0 Å². The standard InChI is InChI=1S/C14H28N2O2/c1-11(15(5)6)12-7-9-16(10-8-12)13(17)18-14(2,3)4/h11-12H,7-10H2,1-6H3/t11-/m1/s1. The van der Waals surface area contributed by atoms with Crippen LogP contribution < -0.4 is 0 Å². The summed E-state index contributed by atoms with van der Waals surface area (Å²) in [5.74, 6) is 0.679. The van der Waals surface area contributed by atoms with Gasteiger partial charge in [0.2, 0.25) is 0 Å². The lowest BCUT2D eigenvalue weighted by molar-refractivity contribution is 0.0152. The lowest BCUT2D eigenvalue weighted by atomic mass is 9.90. The number of nitrogens with zero attached hydrogens (tertiary/aromatic N) is 2. The molecule has 0 aliphatic carbocycles. The molecule has 1 saturated heterocycles. The molecule has 1 amide bonds. The molecule has 4 heteroatoms. The van der Waals surface area contributed by atoms with Crippen LogP contribution in [-0.4, -0.2) is 54.7 Å². The number of amides is 1. The zero-order valence-electron chi connectivity index (χ0n) is 12.7. The number of carbonyl (C=O) groups is 1. The Morgan fingerprint density at radius 1 is 1.28 bits per heavy atom. The molecule has 1 fully saturated rings. The molecule has 0 aromatic rings. The van der Waals surface area contributed by atoms with E-state index in [9.17, 15) is 4.79 Å². The molecule has 0 N–H and O–H groups in total. The Hall–Kier alpha value is -0.770. The molecule has 0 radical (unpaired) electrons. The maximum atomic E-state index is 11.9. The zero-order chi connectivity index (χ0) is 13.9. The number of likely N-dealkylation sites (tertiary alicyclic amines) is 1. The first-order chi connectivity index (χ1) is 8.20. The van der Waals surface area contributed by atoms with E-state index in [4.69, 9.17) is 4.74 Å². The second kappa shape index (κ2) is 5.91. The normalized spacial score (nSPS) is 20.1. The highest BCUT2D eigenvalue weighted by atomic mass is 16.6. The van der Waals surface area contributed by atoms with Crippen LogP contribution in [-0.2, 0) is 4.74 Å². The van der Waals surface area contributed by atoms with Crippen LogP contribution in [0.2, 0.25) is 0 Å². The maximum Gasteiger partial charge on any atom is 0.410 e. The van der Waals surface area contributed by atoms with Crippen LogP contribution in [0.15, 0.2) is 0 Å². The Morgan fingerprint density at radius 2 is 1.78 bits per heavy atom. The third kappa shape index (κ3) is 4.48. The molecule has 106 valence electrons. The number of ether oxygens (including phenoxy) is 1. The Kier molecular flexibility index (Phi) is 5.02. The summed E-state index contributed by atoms with van der Waals surface area (Å²) >= 11 is 0. The minimum atomic E-state index is -0.398. The van der Waals surface area contributed by atoms with Crippen LogP contribution >= 0.6 is 0 Å². The molecule has 1 rings (SSSR count). The number of rotatable bonds is 2. The van der Waals surface area contributed by atoms with Crippen molar-refractivity contribution >= 4 is 6.09 Å². The van der Waals surface area contributed by atoms with E-state index in [1.54, 1.807) is 0 Å². The second-order valence-electron chi connectivity index (χ2n) is 6.51. The van der Waals surface area contributed by atoms with Crippen LogP contribution in [0.3, 0.4) is 0 Å². The number of hydrogen-bond donors (Lipinski definition) is 0. The van der Waals surface area contributed by atoms with Crippen LogP contribution in [0.5, 0.6) is 0 Å². The predicted octanol–water partition coefficient (Wildman–Crippen LogP) is 2.58. The molecular weight excluding hydrogens is 228 g/mol. The highest BCUT2D eigenvalue weighted by molar-refractivity contribution is 5.68. The van der Waals surface area contributed by atoms with E-state index in [2.05, 4.69) is 25.9 Å². The summed E-state index contributed by atoms with van der Waals surface area (Å²) in [5, 5.41) is 0. The Balaban J connectivity index is 2.42. The first kappa shape index (κ1) is 15.3. The van der Waals surface area contributed by atoms with Crippen LogP contribution in [0.4, 0.5) is 4.79 Å². The van der Waals surface area contributed by atoms with Gasteiger partial charge < -0.3 is 14.5 Å². The molecule has 0 aromatic heterocycles. The van der Waals surface area contributed by atoms with E-state index in [0.717, 1.165) is 25.9 Å². The fraction of sp³-hybridized carbons (Fsp3) is 0.929. The van der Waals surface area contributed by atoms with Gasteiger partial charge >= 0.3 is 6.09 Å². The van der Waals surface area contributed by atoms with Gasteiger partial charge in [0, 0.05) is 19.1 Å². The lowest BCUT2D eigenvalue weighted by Gasteiger charge is -2.37. The van der Waals surface area contributed by atoms with Gasteiger partial charge in [-0.25, -0.2) is 4.79 Å². The van der Waals surface area contributed by atoms with Crippen LogP contribution in [0.25, 0.3) is 0 Å². The van der Waals surface area contributed by atoms with Crippen molar-refractivity contribution in [2.24, 2.45) is 5.92 Å². The van der Waals surface area contributed by atoms with Crippen molar-refractivity contribution in [3.05, 3.63) is 0 Å². The predicted molar refractivity (Wildman–Crippen MR) is 73.7 cm³/mol. The summed E-state index contributed by atoms with van der Waals surface area (Å²) in [5.41, 5.74) is -0.398. The summed E-state index contributed by atoms with van der Waals surface area (Å²) in [6, 6.07) is 0.575. The molecule has 4 nitrogen and oxygen atoms in total. The van der Waals surface area contributed by atoms with Crippen molar-refractivity contribution in [3.8, 4) is 0 Å². The largest absolute Gasteiger partial charge is 0.444 e. The van der Waals surface area contributed by atoms with E-state index in [0.29, 0.717) is 12.0 Å². The molecule has 0 saturated carbocycles. The summed E-state index contributed by atoms with van der Waals surface area (Å²) in [6.45, 7) is 9.62. The third-order valence-corrected chi connectivity index (χ3v) is 3.69. The zero-order valence-corrected chi connectivity index (χ0v) is 12.7. The molecule has 18 heavy (non-hydrogen) atoms. The minimum Gasteiger partial charge on any atom is -0.444 e. The quantitative estimate of drug-likeness (QED) is 0.761. The fourth-order valence-corrected chi connectivity index (χ4v) is 2.31. The summed E-state index contributed by atoms with van der Waals surface area (Å²) in [4.78, 5) is 16.0. The first-order valence-corrected chi connectivity index (χ1v) is 6.85.